The van der Waals surface area contributed by atoms with Gasteiger partial charge < -0.3 is 15.1 Å². The third-order valence-corrected chi connectivity index (χ3v) is 2.81. The molecule has 5 nitrogen and oxygen atoms in total. The van der Waals surface area contributed by atoms with Crippen LogP contribution in [-0.4, -0.2) is 17.2 Å². The van der Waals surface area contributed by atoms with Crippen LogP contribution in [-0.2, 0) is 6.54 Å². The Morgan fingerprint density at radius 2 is 2.12 bits per heavy atom. The van der Waals surface area contributed by atoms with Gasteiger partial charge in [0.15, 0.2) is 0 Å². The van der Waals surface area contributed by atoms with E-state index in [9.17, 15) is 0 Å². The van der Waals surface area contributed by atoms with E-state index in [1.807, 2.05) is 0 Å². The van der Waals surface area contributed by atoms with Crippen molar-refractivity contribution in [3.63, 3.8) is 0 Å². The summed E-state index contributed by atoms with van der Waals surface area (Å²) in [4.78, 5) is 0. The van der Waals surface area contributed by atoms with Crippen molar-refractivity contribution in [2.75, 3.05) is 12.4 Å². The van der Waals surface area contributed by atoms with Gasteiger partial charge in [0.2, 0.25) is 5.89 Å². The van der Waals surface area contributed by atoms with Gasteiger partial charge in [-0.2, -0.15) is 0 Å². The van der Waals surface area contributed by atoms with E-state index in [0.717, 1.165) is 0 Å². The Morgan fingerprint density at radius 3 is 2.88 bits per heavy atom. The molecule has 0 atom stereocenters. The van der Waals surface area contributed by atoms with Gasteiger partial charge >= 0.3 is 6.01 Å². The summed E-state index contributed by atoms with van der Waals surface area (Å²) in [6.45, 7) is 0.512. The van der Waals surface area contributed by atoms with Gasteiger partial charge in [-0.05, 0) is 19.2 Å². The van der Waals surface area contributed by atoms with Gasteiger partial charge in [-0.25, -0.2) is 0 Å². The van der Waals surface area contributed by atoms with Crippen LogP contribution < -0.4 is 10.6 Å². The van der Waals surface area contributed by atoms with Crippen molar-refractivity contribution in [2.24, 2.45) is 0 Å². The Kier molecular flexibility index (Phi) is 3.83. The van der Waals surface area contributed by atoms with E-state index in [0.29, 0.717) is 28.2 Å². The maximum absolute atomic E-state index is 6.01. The summed E-state index contributed by atoms with van der Waals surface area (Å²) in [6.07, 6.45) is 0. The fourth-order valence-corrected chi connectivity index (χ4v) is 1.59. The van der Waals surface area contributed by atoms with E-state index >= 15 is 0 Å². The smallest absolute Gasteiger partial charge is 0.320 e. The Balaban J connectivity index is 2.16. The minimum Gasteiger partial charge on any atom is -0.406 e. The largest absolute Gasteiger partial charge is 0.406 e. The first-order valence-electron chi connectivity index (χ1n) is 4.88. The minimum atomic E-state index is 0.277. The molecule has 2 N–H and O–H groups in total. The fraction of sp³-hybridized carbons (Fsp3) is 0.200. The zero-order chi connectivity index (χ0) is 12.3. The lowest BCUT2D eigenvalue weighted by molar-refractivity contribution is 0.493. The summed E-state index contributed by atoms with van der Waals surface area (Å²) in [6, 6.07) is 5.53. The molecular weight excluding hydrogens is 263 g/mol. The average Bonchev–Trinajstić information content (AvgIpc) is 2.73. The Morgan fingerprint density at radius 1 is 1.29 bits per heavy atom. The normalized spacial score (nSPS) is 10.5. The molecule has 0 spiro atoms. The summed E-state index contributed by atoms with van der Waals surface area (Å²) < 4.78 is 5.33. The zero-order valence-corrected chi connectivity index (χ0v) is 10.5. The third-order valence-electron chi connectivity index (χ3n) is 1.99. The monoisotopic (exact) mass is 272 g/mol. The molecule has 0 aliphatic carbocycles. The molecule has 2 rings (SSSR count). The Labute approximate surface area is 108 Å². The molecule has 0 aliphatic rings. The van der Waals surface area contributed by atoms with Gasteiger partial charge in [0.05, 0.1) is 22.3 Å². The molecule has 0 bridgehead atoms. The van der Waals surface area contributed by atoms with E-state index in [4.69, 9.17) is 27.6 Å². The van der Waals surface area contributed by atoms with Crippen LogP contribution in [0.4, 0.5) is 11.7 Å². The summed E-state index contributed by atoms with van der Waals surface area (Å²) in [5.41, 5.74) is 0.624. The van der Waals surface area contributed by atoms with Crippen LogP contribution in [0.1, 0.15) is 5.89 Å². The van der Waals surface area contributed by atoms with Gasteiger partial charge in [-0.15, -0.1) is 5.10 Å². The van der Waals surface area contributed by atoms with Gasteiger partial charge in [-0.3, -0.25) is 0 Å². The molecule has 0 fully saturated rings. The van der Waals surface area contributed by atoms with Crippen molar-refractivity contribution in [3.8, 4) is 0 Å². The highest BCUT2D eigenvalue weighted by atomic mass is 35.5. The number of aromatic nitrogens is 2. The lowest BCUT2D eigenvalue weighted by Gasteiger charge is -2.04. The number of hydrogen-bond donors (Lipinski definition) is 2. The summed E-state index contributed by atoms with van der Waals surface area (Å²) in [5.74, 6) is 0.494. The molecule has 0 amide bonds. The predicted octanol–water partition coefficient (Wildman–Crippen LogP) is 2.84. The first kappa shape index (κ1) is 12.2. The second-order valence-electron chi connectivity index (χ2n) is 3.26. The number of hydrogen-bond acceptors (Lipinski definition) is 5. The number of halogens is 2. The first-order valence-corrected chi connectivity index (χ1v) is 5.64. The van der Waals surface area contributed by atoms with Crippen molar-refractivity contribution >= 4 is 34.9 Å². The molecule has 0 aliphatic heterocycles. The van der Waals surface area contributed by atoms with E-state index in [-0.39, 0.29) is 6.01 Å². The molecule has 1 heterocycles. The maximum atomic E-state index is 6.01. The molecule has 17 heavy (non-hydrogen) atoms. The molecule has 90 valence electrons. The lowest BCUT2D eigenvalue weighted by atomic mass is 10.3. The Hall–Kier alpha value is -1.30. The summed E-state index contributed by atoms with van der Waals surface area (Å²) >= 11 is 11.9. The molecule has 0 unspecified atom stereocenters. The molecular formula is C10H10Cl2N4O. The van der Waals surface area contributed by atoms with Crippen LogP contribution in [0.3, 0.4) is 0 Å². The average molecular weight is 273 g/mol. The highest BCUT2D eigenvalue weighted by Gasteiger charge is 2.09. The predicted molar refractivity (Wildman–Crippen MR) is 66.8 cm³/mol. The number of anilines is 2. The number of rotatable bonds is 4. The highest BCUT2D eigenvalue weighted by molar-refractivity contribution is 6.43. The van der Waals surface area contributed by atoms with Crippen LogP contribution in [0, 0.1) is 0 Å². The van der Waals surface area contributed by atoms with Crippen molar-refractivity contribution in [1.82, 2.24) is 15.5 Å². The number of benzene rings is 1. The molecule has 0 saturated heterocycles. The maximum Gasteiger partial charge on any atom is 0.320 e. The second-order valence-corrected chi connectivity index (χ2v) is 4.04. The molecule has 1 aromatic carbocycles. The van der Waals surface area contributed by atoms with Crippen LogP contribution in [0.5, 0.6) is 0 Å². The van der Waals surface area contributed by atoms with E-state index < -0.39 is 0 Å². The first-order chi connectivity index (χ1) is 8.20. The topological polar surface area (TPSA) is 63.0 Å². The summed E-state index contributed by atoms with van der Waals surface area (Å²) in [7, 11) is 1.80. The van der Waals surface area contributed by atoms with Crippen LogP contribution in [0.25, 0.3) is 0 Å². The van der Waals surface area contributed by atoms with Gasteiger partial charge in [0.25, 0.3) is 0 Å². The zero-order valence-electron chi connectivity index (χ0n) is 9.00. The van der Waals surface area contributed by atoms with E-state index in [1.54, 1.807) is 25.2 Å². The van der Waals surface area contributed by atoms with Gasteiger partial charge in [0, 0.05) is 0 Å². The highest BCUT2D eigenvalue weighted by Crippen LogP contribution is 2.31. The van der Waals surface area contributed by atoms with Crippen LogP contribution >= 0.6 is 23.2 Å². The second kappa shape index (κ2) is 5.35. The van der Waals surface area contributed by atoms with Crippen LogP contribution in [0.2, 0.25) is 10.0 Å². The molecule has 7 heteroatoms. The van der Waals surface area contributed by atoms with Crippen molar-refractivity contribution in [1.29, 1.82) is 0 Å². The number of nitrogens with one attached hydrogen (secondary N) is 2. The van der Waals surface area contributed by atoms with Crippen LogP contribution in [0.15, 0.2) is 22.6 Å². The summed E-state index contributed by atoms with van der Waals surface area (Å²) in [5, 5.41) is 14.4. The lowest BCUT2D eigenvalue weighted by Crippen LogP contribution is -2.04. The molecule has 0 radical (unpaired) electrons. The minimum absolute atomic E-state index is 0.277. The standard InChI is InChI=1S/C10H10Cl2N4O/c1-13-5-8-15-16-10(17-8)14-7-4-2-3-6(11)9(7)12/h2-4,13H,5H2,1H3,(H,14,16). The Bertz CT molecular complexity index is 515. The van der Waals surface area contributed by atoms with Crippen molar-refractivity contribution < 1.29 is 4.42 Å². The van der Waals surface area contributed by atoms with Crippen molar-refractivity contribution in [3.05, 3.63) is 34.1 Å². The quantitative estimate of drug-likeness (QED) is 0.896. The third kappa shape index (κ3) is 2.88. The van der Waals surface area contributed by atoms with Gasteiger partial charge in [-0.1, -0.05) is 34.4 Å². The fourth-order valence-electron chi connectivity index (χ4n) is 1.24. The van der Waals surface area contributed by atoms with E-state index in [2.05, 4.69) is 20.8 Å². The molecule has 1 aromatic heterocycles. The molecule has 2 aromatic rings. The van der Waals surface area contributed by atoms with Gasteiger partial charge in [0.1, 0.15) is 0 Å². The molecule has 0 saturated carbocycles. The van der Waals surface area contributed by atoms with E-state index in [1.165, 1.54) is 0 Å². The number of nitrogens with zero attached hydrogens (tertiary/aromatic N) is 2. The van der Waals surface area contributed by atoms with Crippen molar-refractivity contribution in [2.45, 2.75) is 6.54 Å². The SMILES string of the molecule is CNCc1nnc(Nc2cccc(Cl)c2Cl)o1.